The summed E-state index contributed by atoms with van der Waals surface area (Å²) in [4.78, 5) is 11.5. The normalized spacial score (nSPS) is 13.2. The first kappa shape index (κ1) is 17.0. The molecule has 4 nitrogen and oxygen atoms in total. The lowest BCUT2D eigenvalue weighted by Gasteiger charge is -2.24. The van der Waals surface area contributed by atoms with Crippen LogP contribution >= 0.6 is 0 Å². The molecule has 0 aromatic carbocycles. The Morgan fingerprint density at radius 3 is 2.39 bits per heavy atom. The van der Waals surface area contributed by atoms with Crippen LogP contribution < -0.4 is 10.6 Å². The molecule has 0 aromatic rings. The van der Waals surface area contributed by atoms with Crippen LogP contribution in [0.2, 0.25) is 0 Å². The highest BCUT2D eigenvalue weighted by atomic mass is 16.6. The molecule has 0 aliphatic rings. The predicted octanol–water partition coefficient (Wildman–Crippen LogP) is 2.56. The Kier molecular flexibility index (Phi) is 7.67. The number of carbonyl (C=O) groups excluding carboxylic acids is 1. The monoisotopic (exact) mass is 256 g/mol. The second kappa shape index (κ2) is 8.14. The fraction of sp³-hybridized carbons (Fsp3) is 0.786. The number of nitrogens with one attached hydrogen (secondary N) is 2. The Morgan fingerprint density at radius 2 is 1.94 bits per heavy atom. The van der Waals surface area contributed by atoms with Gasteiger partial charge in [-0.05, 0) is 32.6 Å². The number of rotatable bonds is 7. The zero-order chi connectivity index (χ0) is 14.2. The molecule has 0 rings (SSSR count). The van der Waals surface area contributed by atoms with E-state index < -0.39 is 5.60 Å². The van der Waals surface area contributed by atoms with E-state index in [0.717, 1.165) is 13.1 Å². The van der Waals surface area contributed by atoms with Gasteiger partial charge in [0.2, 0.25) is 0 Å². The molecule has 0 bridgehead atoms. The van der Waals surface area contributed by atoms with Crippen molar-refractivity contribution < 1.29 is 9.53 Å². The third kappa shape index (κ3) is 9.05. The Morgan fingerprint density at radius 1 is 1.33 bits per heavy atom. The van der Waals surface area contributed by atoms with E-state index in [0.29, 0.717) is 18.4 Å². The highest BCUT2D eigenvalue weighted by Crippen LogP contribution is 2.10. The van der Waals surface area contributed by atoms with Gasteiger partial charge in [0.1, 0.15) is 5.60 Å². The molecule has 1 unspecified atom stereocenters. The smallest absolute Gasteiger partial charge is 0.407 e. The van der Waals surface area contributed by atoms with E-state index in [1.807, 2.05) is 26.8 Å². The Labute approximate surface area is 111 Å². The van der Waals surface area contributed by atoms with Crippen LogP contribution in [-0.2, 0) is 4.74 Å². The molecule has 1 amide bonds. The molecular weight excluding hydrogens is 228 g/mol. The molecule has 0 radical (unpaired) electrons. The Balaban J connectivity index is 4.03. The fourth-order valence-electron chi connectivity index (χ4n) is 1.44. The third-order valence-corrected chi connectivity index (χ3v) is 2.55. The van der Waals surface area contributed by atoms with E-state index in [1.54, 1.807) is 0 Å². The van der Waals surface area contributed by atoms with Crippen molar-refractivity contribution in [3.63, 3.8) is 0 Å². The van der Waals surface area contributed by atoms with Gasteiger partial charge in [0.05, 0.1) is 0 Å². The van der Waals surface area contributed by atoms with E-state index in [-0.39, 0.29) is 6.09 Å². The van der Waals surface area contributed by atoms with Crippen molar-refractivity contribution in [3.8, 4) is 0 Å². The molecule has 2 N–H and O–H groups in total. The van der Waals surface area contributed by atoms with Gasteiger partial charge in [-0.15, -0.1) is 6.58 Å². The second-order valence-corrected chi connectivity index (χ2v) is 5.83. The van der Waals surface area contributed by atoms with Crippen LogP contribution in [0.15, 0.2) is 12.7 Å². The van der Waals surface area contributed by atoms with Gasteiger partial charge >= 0.3 is 6.09 Å². The van der Waals surface area contributed by atoms with Crippen molar-refractivity contribution in [2.75, 3.05) is 19.6 Å². The standard InChI is InChI=1S/C14H28N2O2/c1-7-8-15-9-12(11(2)3)10-16-13(17)18-14(4,5)6/h7,11-12,15H,1,8-10H2,2-6H3,(H,16,17). The van der Waals surface area contributed by atoms with Crippen LogP contribution in [-0.4, -0.2) is 31.3 Å². The highest BCUT2D eigenvalue weighted by Gasteiger charge is 2.18. The average Bonchev–Trinajstić information content (AvgIpc) is 2.20. The zero-order valence-corrected chi connectivity index (χ0v) is 12.4. The van der Waals surface area contributed by atoms with Crippen molar-refractivity contribution >= 4 is 6.09 Å². The number of alkyl carbamates (subject to hydrolysis) is 1. The molecule has 0 saturated carbocycles. The largest absolute Gasteiger partial charge is 0.444 e. The zero-order valence-electron chi connectivity index (χ0n) is 12.4. The summed E-state index contributed by atoms with van der Waals surface area (Å²) in [5.74, 6) is 0.884. The first-order chi connectivity index (χ1) is 8.26. The summed E-state index contributed by atoms with van der Waals surface area (Å²) in [5.41, 5.74) is -0.446. The van der Waals surface area contributed by atoms with Crippen LogP contribution in [0.5, 0.6) is 0 Å². The van der Waals surface area contributed by atoms with Crippen LogP contribution in [0.25, 0.3) is 0 Å². The third-order valence-electron chi connectivity index (χ3n) is 2.55. The molecule has 4 heteroatoms. The van der Waals surface area contributed by atoms with Gasteiger partial charge < -0.3 is 15.4 Å². The topological polar surface area (TPSA) is 50.4 Å². The van der Waals surface area contributed by atoms with Gasteiger partial charge in [-0.25, -0.2) is 4.79 Å². The molecule has 1 atom stereocenters. The molecule has 0 fully saturated rings. The summed E-state index contributed by atoms with van der Waals surface area (Å²) < 4.78 is 5.21. The van der Waals surface area contributed by atoms with Crippen LogP contribution in [0.3, 0.4) is 0 Å². The maximum Gasteiger partial charge on any atom is 0.407 e. The first-order valence-electron chi connectivity index (χ1n) is 6.54. The minimum atomic E-state index is -0.446. The first-order valence-corrected chi connectivity index (χ1v) is 6.54. The van der Waals surface area contributed by atoms with Crippen LogP contribution in [0, 0.1) is 11.8 Å². The van der Waals surface area contributed by atoms with Crippen molar-refractivity contribution in [2.45, 2.75) is 40.2 Å². The summed E-state index contributed by atoms with van der Waals surface area (Å²) in [7, 11) is 0. The van der Waals surface area contributed by atoms with E-state index in [9.17, 15) is 4.79 Å². The number of hydrogen-bond donors (Lipinski definition) is 2. The summed E-state index contributed by atoms with van der Waals surface area (Å²) in [6.07, 6.45) is 1.48. The van der Waals surface area contributed by atoms with Crippen LogP contribution in [0.4, 0.5) is 4.79 Å². The molecule has 0 aliphatic heterocycles. The molecule has 106 valence electrons. The predicted molar refractivity (Wildman–Crippen MR) is 75.6 cm³/mol. The van der Waals surface area contributed by atoms with Gasteiger partial charge in [-0.2, -0.15) is 0 Å². The summed E-state index contributed by atoms with van der Waals surface area (Å²) >= 11 is 0. The van der Waals surface area contributed by atoms with Gasteiger partial charge in [0.15, 0.2) is 0 Å². The molecule has 0 heterocycles. The van der Waals surface area contributed by atoms with Gasteiger partial charge in [0.25, 0.3) is 0 Å². The molecule has 0 aromatic heterocycles. The minimum Gasteiger partial charge on any atom is -0.444 e. The quantitative estimate of drug-likeness (QED) is 0.543. The van der Waals surface area contributed by atoms with E-state index in [4.69, 9.17) is 4.74 Å². The number of carbonyl (C=O) groups is 1. The maximum atomic E-state index is 11.5. The van der Waals surface area contributed by atoms with E-state index in [2.05, 4.69) is 31.1 Å². The molecule has 0 spiro atoms. The SMILES string of the molecule is C=CCNCC(CNC(=O)OC(C)(C)C)C(C)C. The van der Waals surface area contributed by atoms with Gasteiger partial charge in [-0.3, -0.25) is 0 Å². The highest BCUT2D eigenvalue weighted by molar-refractivity contribution is 5.67. The number of ether oxygens (including phenoxy) is 1. The van der Waals surface area contributed by atoms with Crippen molar-refractivity contribution in [3.05, 3.63) is 12.7 Å². The van der Waals surface area contributed by atoms with Gasteiger partial charge in [-0.1, -0.05) is 19.9 Å². The fourth-order valence-corrected chi connectivity index (χ4v) is 1.44. The lowest BCUT2D eigenvalue weighted by atomic mass is 9.96. The average molecular weight is 256 g/mol. The van der Waals surface area contributed by atoms with E-state index in [1.165, 1.54) is 0 Å². The lowest BCUT2D eigenvalue weighted by Crippen LogP contribution is -2.39. The Hall–Kier alpha value is -1.03. The number of hydrogen-bond acceptors (Lipinski definition) is 3. The minimum absolute atomic E-state index is 0.350. The molecule has 18 heavy (non-hydrogen) atoms. The van der Waals surface area contributed by atoms with Crippen molar-refractivity contribution in [2.24, 2.45) is 11.8 Å². The van der Waals surface area contributed by atoms with Crippen molar-refractivity contribution in [1.82, 2.24) is 10.6 Å². The lowest BCUT2D eigenvalue weighted by molar-refractivity contribution is 0.0515. The van der Waals surface area contributed by atoms with Crippen LogP contribution in [0.1, 0.15) is 34.6 Å². The summed E-state index contributed by atoms with van der Waals surface area (Å²) in [6.45, 7) is 15.8. The summed E-state index contributed by atoms with van der Waals surface area (Å²) in [5, 5.41) is 6.10. The molecule has 0 aliphatic carbocycles. The molecular formula is C14H28N2O2. The van der Waals surface area contributed by atoms with Crippen molar-refractivity contribution in [1.29, 1.82) is 0 Å². The van der Waals surface area contributed by atoms with Gasteiger partial charge in [0, 0.05) is 19.6 Å². The summed E-state index contributed by atoms with van der Waals surface area (Å²) in [6, 6.07) is 0. The van der Waals surface area contributed by atoms with E-state index >= 15 is 0 Å². The maximum absolute atomic E-state index is 11.5. The Bertz CT molecular complexity index is 257. The molecule has 0 saturated heterocycles. The number of amides is 1. The second-order valence-electron chi connectivity index (χ2n) is 5.83.